The molecule has 4 saturated carbocycles. The lowest BCUT2D eigenvalue weighted by Crippen LogP contribution is -2.28. The highest BCUT2D eigenvalue weighted by atomic mass is 16.6. The van der Waals surface area contributed by atoms with Crippen LogP contribution in [0.1, 0.15) is 62.8 Å². The number of fused-ring (bicyclic) bond motifs is 5. The first-order valence-electron chi connectivity index (χ1n) is 9.94. The van der Waals surface area contributed by atoms with Gasteiger partial charge in [-0.15, -0.1) is 0 Å². The van der Waals surface area contributed by atoms with Gasteiger partial charge in [0.15, 0.2) is 0 Å². The normalized spacial score (nSPS) is 46.3. The molecular weight excluding hydrogens is 298 g/mol. The van der Waals surface area contributed by atoms with Crippen molar-refractivity contribution in [2.45, 2.75) is 63.3 Å². The Morgan fingerprint density at radius 2 is 1.42 bits per heavy atom. The van der Waals surface area contributed by atoms with E-state index < -0.39 is 0 Å². The van der Waals surface area contributed by atoms with E-state index in [2.05, 4.69) is 24.3 Å². The lowest BCUT2D eigenvalue weighted by molar-refractivity contribution is -0.506. The molecule has 1 aromatic carbocycles. The van der Waals surface area contributed by atoms with Crippen LogP contribution in [0.25, 0.3) is 0 Å². The topological polar surface area (TPSA) is 43.1 Å². The minimum atomic E-state index is -0.321. The molecule has 3 heteroatoms. The molecule has 0 saturated heterocycles. The first-order chi connectivity index (χ1) is 11.8. The molecule has 5 rings (SSSR count). The summed E-state index contributed by atoms with van der Waals surface area (Å²) in [5.41, 5.74) is 1.22. The molecule has 0 radical (unpaired) electrons. The maximum atomic E-state index is 12.1. The van der Waals surface area contributed by atoms with Crippen LogP contribution in [0, 0.1) is 39.2 Å². The van der Waals surface area contributed by atoms with Crippen LogP contribution in [0.4, 0.5) is 0 Å². The predicted molar refractivity (Wildman–Crippen MR) is 93.3 cm³/mol. The summed E-state index contributed by atoms with van der Waals surface area (Å²) in [6, 6.07) is 10.1. The molecular formula is C21H27NO2. The molecule has 1 aromatic rings. The van der Waals surface area contributed by atoms with Crippen LogP contribution in [0.5, 0.6) is 0 Å². The van der Waals surface area contributed by atoms with Crippen molar-refractivity contribution in [3.05, 3.63) is 46.0 Å². The van der Waals surface area contributed by atoms with Gasteiger partial charge in [-0.05, 0) is 54.9 Å². The predicted octanol–water partition coefficient (Wildman–Crippen LogP) is 5.04. The van der Waals surface area contributed by atoms with Crippen LogP contribution in [0.2, 0.25) is 0 Å². The highest BCUT2D eigenvalue weighted by Crippen LogP contribution is 2.79. The van der Waals surface area contributed by atoms with E-state index in [9.17, 15) is 10.1 Å². The quantitative estimate of drug-likeness (QED) is 0.564. The fraction of sp³-hybridized carbons (Fsp3) is 0.714. The van der Waals surface area contributed by atoms with Crippen molar-refractivity contribution in [1.82, 2.24) is 0 Å². The highest BCUT2D eigenvalue weighted by Gasteiger charge is 2.83. The van der Waals surface area contributed by atoms with E-state index >= 15 is 0 Å². The molecule has 0 aromatic heterocycles. The number of hydrogen-bond donors (Lipinski definition) is 0. The number of nitrogens with zero attached hydrogens (tertiary/aromatic N) is 1. The van der Waals surface area contributed by atoms with E-state index in [1.807, 2.05) is 6.07 Å². The second-order valence-electron chi connectivity index (χ2n) is 8.73. The van der Waals surface area contributed by atoms with Crippen molar-refractivity contribution in [1.29, 1.82) is 0 Å². The molecule has 128 valence electrons. The van der Waals surface area contributed by atoms with Crippen LogP contribution >= 0.6 is 0 Å². The highest BCUT2D eigenvalue weighted by molar-refractivity contribution is 5.39. The minimum Gasteiger partial charge on any atom is -0.264 e. The molecule has 1 spiro atoms. The molecule has 0 aliphatic heterocycles. The Morgan fingerprint density at radius 1 is 0.875 bits per heavy atom. The van der Waals surface area contributed by atoms with E-state index in [0.717, 1.165) is 11.8 Å². The van der Waals surface area contributed by atoms with Gasteiger partial charge in [0.05, 0.1) is 11.3 Å². The molecule has 4 fully saturated rings. The molecule has 4 aliphatic rings. The van der Waals surface area contributed by atoms with Crippen molar-refractivity contribution in [3.8, 4) is 0 Å². The Hall–Kier alpha value is -1.38. The Balaban J connectivity index is 1.62. The number of rotatable bonds is 2. The van der Waals surface area contributed by atoms with Gasteiger partial charge in [-0.1, -0.05) is 56.0 Å². The number of benzene rings is 1. The molecule has 6 unspecified atom stereocenters. The van der Waals surface area contributed by atoms with Crippen molar-refractivity contribution >= 4 is 0 Å². The third-order valence-electron chi connectivity index (χ3n) is 8.12. The van der Waals surface area contributed by atoms with Crippen molar-refractivity contribution < 1.29 is 4.92 Å². The van der Waals surface area contributed by atoms with Gasteiger partial charge in [-0.2, -0.15) is 0 Å². The number of nitro groups is 1. The van der Waals surface area contributed by atoms with Crippen molar-refractivity contribution in [2.75, 3.05) is 0 Å². The summed E-state index contributed by atoms with van der Waals surface area (Å²) in [4.78, 5) is 12.2. The third-order valence-corrected chi connectivity index (χ3v) is 8.12. The summed E-state index contributed by atoms with van der Waals surface area (Å²) in [5, 5.41) is 12.1. The maximum Gasteiger partial charge on any atom is 0.227 e. The lowest BCUT2D eigenvalue weighted by atomic mass is 9.73. The molecule has 0 heterocycles. The van der Waals surface area contributed by atoms with E-state index in [1.54, 1.807) is 0 Å². The molecule has 0 bridgehead atoms. The summed E-state index contributed by atoms with van der Waals surface area (Å²) < 4.78 is 0. The third kappa shape index (κ3) is 1.79. The van der Waals surface area contributed by atoms with Gasteiger partial charge < -0.3 is 0 Å². The zero-order valence-corrected chi connectivity index (χ0v) is 14.3. The van der Waals surface area contributed by atoms with Crippen LogP contribution in [0.15, 0.2) is 30.3 Å². The van der Waals surface area contributed by atoms with Gasteiger partial charge in [0, 0.05) is 4.92 Å². The van der Waals surface area contributed by atoms with Gasteiger partial charge in [0.1, 0.15) is 0 Å². The van der Waals surface area contributed by atoms with Gasteiger partial charge >= 0.3 is 0 Å². The summed E-state index contributed by atoms with van der Waals surface area (Å²) in [6.07, 6.45) is 10.4. The van der Waals surface area contributed by atoms with Crippen LogP contribution < -0.4 is 0 Å². The van der Waals surface area contributed by atoms with Crippen LogP contribution in [-0.2, 0) is 0 Å². The van der Waals surface area contributed by atoms with E-state index in [4.69, 9.17) is 0 Å². The lowest BCUT2D eigenvalue weighted by Gasteiger charge is -2.32. The van der Waals surface area contributed by atoms with Crippen molar-refractivity contribution in [2.24, 2.45) is 29.1 Å². The SMILES string of the molecule is O=[N+]([O-])C1C(c2ccccc2)C12C1CCCCC1C1CCCCC12. The summed E-state index contributed by atoms with van der Waals surface area (Å²) >= 11 is 0. The summed E-state index contributed by atoms with van der Waals surface area (Å²) in [7, 11) is 0. The Kier molecular flexibility index (Phi) is 3.30. The standard InChI is InChI=1S/C21H27NO2/c23-22(24)20-19(14-8-2-1-3-9-14)21(20)17-12-6-4-10-15(17)16-11-5-7-13-18(16)21/h1-3,8-9,15-20H,4-7,10-13H2. The Morgan fingerprint density at radius 3 is 1.96 bits per heavy atom. The zero-order chi connectivity index (χ0) is 16.3. The molecule has 3 nitrogen and oxygen atoms in total. The average Bonchev–Trinajstić information content (AvgIpc) is 3.25. The smallest absolute Gasteiger partial charge is 0.227 e. The summed E-state index contributed by atoms with van der Waals surface area (Å²) in [5.74, 6) is 2.95. The Bertz CT molecular complexity index is 620. The zero-order valence-electron chi connectivity index (χ0n) is 14.3. The molecule has 6 atom stereocenters. The molecule has 4 aliphatic carbocycles. The van der Waals surface area contributed by atoms with E-state index in [0.29, 0.717) is 11.8 Å². The first kappa shape index (κ1) is 14.9. The molecule has 0 amide bonds. The second-order valence-corrected chi connectivity index (χ2v) is 8.73. The molecule has 0 N–H and O–H groups in total. The fourth-order valence-corrected chi connectivity index (χ4v) is 7.60. The van der Waals surface area contributed by atoms with Gasteiger partial charge in [0.2, 0.25) is 6.04 Å². The minimum absolute atomic E-state index is 0.0129. The summed E-state index contributed by atoms with van der Waals surface area (Å²) in [6.45, 7) is 0. The second kappa shape index (κ2) is 5.31. The average molecular weight is 325 g/mol. The largest absolute Gasteiger partial charge is 0.264 e. The van der Waals surface area contributed by atoms with E-state index in [-0.39, 0.29) is 22.3 Å². The monoisotopic (exact) mass is 325 g/mol. The Labute approximate surface area is 144 Å². The van der Waals surface area contributed by atoms with Gasteiger partial charge in [-0.25, -0.2) is 0 Å². The van der Waals surface area contributed by atoms with E-state index in [1.165, 1.54) is 56.9 Å². The number of hydrogen-bond acceptors (Lipinski definition) is 2. The first-order valence-corrected chi connectivity index (χ1v) is 9.94. The van der Waals surface area contributed by atoms with Gasteiger partial charge in [0.25, 0.3) is 0 Å². The van der Waals surface area contributed by atoms with Crippen molar-refractivity contribution in [3.63, 3.8) is 0 Å². The molecule has 24 heavy (non-hydrogen) atoms. The van der Waals surface area contributed by atoms with Crippen LogP contribution in [0.3, 0.4) is 0 Å². The van der Waals surface area contributed by atoms with Gasteiger partial charge in [-0.3, -0.25) is 10.1 Å². The fourth-order valence-electron chi connectivity index (χ4n) is 7.60. The van der Waals surface area contributed by atoms with Crippen LogP contribution in [-0.4, -0.2) is 11.0 Å². The maximum absolute atomic E-state index is 12.1.